The largest absolute Gasteiger partial charge is 0.383 e. The molecule has 0 radical (unpaired) electrons. The highest BCUT2D eigenvalue weighted by Gasteiger charge is 2.16. The predicted octanol–water partition coefficient (Wildman–Crippen LogP) is 0.454. The molecule has 1 saturated heterocycles. The smallest absolute Gasteiger partial charge is 0.256 e. The molecule has 0 saturated carbocycles. The molecule has 0 aliphatic carbocycles. The summed E-state index contributed by atoms with van der Waals surface area (Å²) in [5.41, 5.74) is 6.01. The van der Waals surface area contributed by atoms with E-state index < -0.39 is 0 Å². The topological polar surface area (TPSA) is 87.0 Å². The van der Waals surface area contributed by atoms with Crippen LogP contribution in [0.2, 0.25) is 0 Å². The van der Waals surface area contributed by atoms with Gasteiger partial charge < -0.3 is 16.0 Å². The molecule has 100 valence electrons. The maximum Gasteiger partial charge on any atom is 0.256 e. The zero-order valence-corrected chi connectivity index (χ0v) is 10.8. The summed E-state index contributed by atoms with van der Waals surface area (Å²) >= 11 is 0. The van der Waals surface area contributed by atoms with Crippen molar-refractivity contribution in [1.82, 2.24) is 20.4 Å². The zero-order chi connectivity index (χ0) is 13.0. The summed E-state index contributed by atoms with van der Waals surface area (Å²) in [5.74, 6) is 0.606. The third kappa shape index (κ3) is 3.22. The van der Waals surface area contributed by atoms with Gasteiger partial charge in [0.15, 0.2) is 0 Å². The van der Waals surface area contributed by atoms with Crippen LogP contribution in [-0.2, 0) is 0 Å². The van der Waals surface area contributed by atoms with Gasteiger partial charge in [0.05, 0.1) is 6.20 Å². The van der Waals surface area contributed by atoms with Crippen molar-refractivity contribution < 1.29 is 4.79 Å². The number of nitrogen functional groups attached to an aromatic ring is 1. The van der Waals surface area contributed by atoms with Gasteiger partial charge in [0.2, 0.25) is 0 Å². The second-order valence-corrected chi connectivity index (χ2v) is 5.02. The van der Waals surface area contributed by atoms with Crippen LogP contribution >= 0.6 is 0 Å². The number of nitrogens with one attached hydrogen (secondary N) is 2. The van der Waals surface area contributed by atoms with E-state index in [1.807, 2.05) is 0 Å². The second kappa shape index (κ2) is 5.86. The fourth-order valence-corrected chi connectivity index (χ4v) is 2.31. The molecule has 2 rings (SSSR count). The molecule has 6 heteroatoms. The maximum absolute atomic E-state index is 11.8. The van der Waals surface area contributed by atoms with Crippen molar-refractivity contribution in [3.63, 3.8) is 0 Å². The van der Waals surface area contributed by atoms with Gasteiger partial charge in [-0.1, -0.05) is 6.92 Å². The Labute approximate surface area is 107 Å². The lowest BCUT2D eigenvalue weighted by atomic mass is 10.1. The van der Waals surface area contributed by atoms with Crippen molar-refractivity contribution in [2.24, 2.45) is 5.92 Å². The van der Waals surface area contributed by atoms with Crippen LogP contribution in [0.15, 0.2) is 6.20 Å². The van der Waals surface area contributed by atoms with Crippen LogP contribution in [0.1, 0.15) is 30.1 Å². The summed E-state index contributed by atoms with van der Waals surface area (Å²) in [6.45, 7) is 6.23. The molecule has 0 spiro atoms. The fraction of sp³-hybridized carbons (Fsp3) is 0.667. The normalized spacial score (nSPS) is 17.8. The highest BCUT2D eigenvalue weighted by molar-refractivity contribution is 5.98. The van der Waals surface area contributed by atoms with Gasteiger partial charge in [-0.25, -0.2) is 0 Å². The van der Waals surface area contributed by atoms with Gasteiger partial charge in [-0.2, -0.15) is 5.10 Å². The Balaban J connectivity index is 1.73. The number of rotatable bonds is 5. The quantitative estimate of drug-likeness (QED) is 0.709. The number of anilines is 1. The minimum absolute atomic E-state index is 0.158. The highest BCUT2D eigenvalue weighted by Crippen LogP contribution is 2.10. The minimum atomic E-state index is -0.158. The van der Waals surface area contributed by atoms with Crippen molar-refractivity contribution >= 4 is 11.7 Å². The molecule has 1 atom stereocenters. The van der Waals surface area contributed by atoms with Crippen LogP contribution in [-0.4, -0.2) is 47.2 Å². The van der Waals surface area contributed by atoms with E-state index in [9.17, 15) is 4.79 Å². The minimum Gasteiger partial charge on any atom is -0.383 e. The molecule has 2 heterocycles. The van der Waals surface area contributed by atoms with E-state index in [4.69, 9.17) is 5.73 Å². The van der Waals surface area contributed by atoms with E-state index >= 15 is 0 Å². The monoisotopic (exact) mass is 251 g/mol. The van der Waals surface area contributed by atoms with Crippen LogP contribution in [0.4, 0.5) is 5.82 Å². The van der Waals surface area contributed by atoms with Crippen molar-refractivity contribution in [2.45, 2.75) is 19.8 Å². The van der Waals surface area contributed by atoms with Gasteiger partial charge >= 0.3 is 0 Å². The molecule has 1 unspecified atom stereocenters. The van der Waals surface area contributed by atoms with E-state index in [1.54, 1.807) is 0 Å². The molecule has 6 nitrogen and oxygen atoms in total. The third-order valence-corrected chi connectivity index (χ3v) is 3.29. The number of carbonyl (C=O) groups is 1. The number of H-pyrrole nitrogens is 1. The first-order chi connectivity index (χ1) is 8.66. The molecule has 4 N–H and O–H groups in total. The summed E-state index contributed by atoms with van der Waals surface area (Å²) < 4.78 is 0. The standard InChI is InChI=1S/C12H21N5O/c1-9(8-17-4-2-3-5-17)6-14-12(18)10-7-15-16-11(10)13/h7,9H,2-6,8H2,1H3,(H,14,18)(H3,13,15,16). The van der Waals surface area contributed by atoms with Gasteiger partial charge in [-0.05, 0) is 31.8 Å². The van der Waals surface area contributed by atoms with Crippen molar-refractivity contribution in [2.75, 3.05) is 31.9 Å². The lowest BCUT2D eigenvalue weighted by Gasteiger charge is -2.20. The zero-order valence-electron chi connectivity index (χ0n) is 10.8. The highest BCUT2D eigenvalue weighted by atomic mass is 16.1. The second-order valence-electron chi connectivity index (χ2n) is 5.02. The summed E-state index contributed by atoms with van der Waals surface area (Å²) in [4.78, 5) is 14.3. The molecule has 1 fully saturated rings. The van der Waals surface area contributed by atoms with Crippen LogP contribution < -0.4 is 11.1 Å². The van der Waals surface area contributed by atoms with Crippen LogP contribution in [0.25, 0.3) is 0 Å². The number of aromatic nitrogens is 2. The molecule has 1 amide bonds. The summed E-state index contributed by atoms with van der Waals surface area (Å²) in [7, 11) is 0. The molecule has 1 aromatic heterocycles. The first-order valence-corrected chi connectivity index (χ1v) is 6.46. The number of carbonyl (C=O) groups excluding carboxylic acids is 1. The lowest BCUT2D eigenvalue weighted by molar-refractivity contribution is 0.0946. The predicted molar refractivity (Wildman–Crippen MR) is 70.2 cm³/mol. The Morgan fingerprint density at radius 2 is 2.33 bits per heavy atom. The average molecular weight is 251 g/mol. The summed E-state index contributed by atoms with van der Waals surface area (Å²) in [6.07, 6.45) is 4.05. The van der Waals surface area contributed by atoms with E-state index in [2.05, 4.69) is 27.3 Å². The molecular formula is C12H21N5O. The molecule has 0 bridgehead atoms. The Morgan fingerprint density at radius 1 is 1.61 bits per heavy atom. The number of hydrogen-bond acceptors (Lipinski definition) is 4. The van der Waals surface area contributed by atoms with Crippen LogP contribution in [0.5, 0.6) is 0 Å². The summed E-state index contributed by atoms with van der Waals surface area (Å²) in [6, 6.07) is 0. The average Bonchev–Trinajstić information content (AvgIpc) is 2.97. The number of nitrogens with zero attached hydrogens (tertiary/aromatic N) is 2. The van der Waals surface area contributed by atoms with E-state index in [0.717, 1.165) is 6.54 Å². The molecule has 18 heavy (non-hydrogen) atoms. The Hall–Kier alpha value is -1.56. The first kappa shape index (κ1) is 12.9. The third-order valence-electron chi connectivity index (χ3n) is 3.29. The Kier molecular flexibility index (Phi) is 4.19. The number of hydrogen-bond donors (Lipinski definition) is 3. The van der Waals surface area contributed by atoms with E-state index in [-0.39, 0.29) is 5.91 Å². The number of nitrogens with two attached hydrogens (primary N) is 1. The van der Waals surface area contributed by atoms with Crippen LogP contribution in [0, 0.1) is 5.92 Å². The van der Waals surface area contributed by atoms with Crippen molar-refractivity contribution in [3.05, 3.63) is 11.8 Å². The van der Waals surface area contributed by atoms with Gasteiger partial charge in [-0.15, -0.1) is 0 Å². The van der Waals surface area contributed by atoms with Gasteiger partial charge in [0, 0.05) is 13.1 Å². The van der Waals surface area contributed by atoms with Crippen molar-refractivity contribution in [1.29, 1.82) is 0 Å². The molecule has 1 aliphatic heterocycles. The van der Waals surface area contributed by atoms with Crippen LogP contribution in [0.3, 0.4) is 0 Å². The number of aromatic amines is 1. The van der Waals surface area contributed by atoms with Gasteiger partial charge in [0.1, 0.15) is 11.4 Å². The molecule has 0 aromatic carbocycles. The fourth-order valence-electron chi connectivity index (χ4n) is 2.31. The lowest BCUT2D eigenvalue weighted by Crippen LogP contribution is -2.34. The first-order valence-electron chi connectivity index (χ1n) is 6.46. The van der Waals surface area contributed by atoms with E-state index in [1.165, 1.54) is 32.1 Å². The Morgan fingerprint density at radius 3 is 2.94 bits per heavy atom. The summed E-state index contributed by atoms with van der Waals surface area (Å²) in [5, 5.41) is 9.18. The van der Waals surface area contributed by atoms with E-state index in [0.29, 0.717) is 23.8 Å². The SMILES string of the molecule is CC(CNC(=O)c1cn[nH]c1N)CN1CCCC1. The molecular weight excluding hydrogens is 230 g/mol. The Bertz CT molecular complexity index is 397. The van der Waals surface area contributed by atoms with Gasteiger partial charge in [0.25, 0.3) is 5.91 Å². The number of likely N-dealkylation sites (tertiary alicyclic amines) is 1. The molecule has 1 aromatic rings. The van der Waals surface area contributed by atoms with Crippen molar-refractivity contribution in [3.8, 4) is 0 Å². The molecule has 1 aliphatic rings. The maximum atomic E-state index is 11.8. The van der Waals surface area contributed by atoms with Gasteiger partial charge in [-0.3, -0.25) is 9.89 Å². The number of amides is 1.